The van der Waals surface area contributed by atoms with Gasteiger partial charge in [-0.25, -0.2) is 0 Å². The number of fused-ring (bicyclic) bond motifs is 1. The van der Waals surface area contributed by atoms with E-state index in [0.717, 1.165) is 31.2 Å². The van der Waals surface area contributed by atoms with Gasteiger partial charge in [-0.1, -0.05) is 6.07 Å². The Balaban J connectivity index is 2.14. The molecule has 23 heavy (non-hydrogen) atoms. The summed E-state index contributed by atoms with van der Waals surface area (Å²) in [6.45, 7) is 4.44. The van der Waals surface area contributed by atoms with Crippen molar-refractivity contribution >= 4 is 11.7 Å². The molecule has 2 rings (SSSR count). The smallest absolute Gasteiger partial charge is 0.319 e. The highest BCUT2D eigenvalue weighted by molar-refractivity contribution is 5.71. The molecule has 1 unspecified atom stereocenters. The number of carbonyl (C=O) groups excluding carboxylic acids is 1. The molecule has 0 aliphatic heterocycles. The van der Waals surface area contributed by atoms with Gasteiger partial charge in [-0.3, -0.25) is 19.8 Å². The van der Waals surface area contributed by atoms with E-state index in [9.17, 15) is 14.9 Å². The second-order valence-corrected chi connectivity index (χ2v) is 6.28. The van der Waals surface area contributed by atoms with Crippen LogP contribution < -0.4 is 0 Å². The number of benzene rings is 1. The van der Waals surface area contributed by atoms with Crippen molar-refractivity contribution in [3.05, 3.63) is 39.4 Å². The average molecular weight is 320 g/mol. The van der Waals surface area contributed by atoms with Crippen molar-refractivity contribution in [3.8, 4) is 0 Å². The molecule has 0 bridgehead atoms. The van der Waals surface area contributed by atoms with Crippen molar-refractivity contribution in [2.24, 2.45) is 0 Å². The Morgan fingerprint density at radius 1 is 1.35 bits per heavy atom. The van der Waals surface area contributed by atoms with E-state index in [1.165, 1.54) is 12.7 Å². The first kappa shape index (κ1) is 17.4. The zero-order valence-corrected chi connectivity index (χ0v) is 13.9. The number of ether oxygens (including phenoxy) is 1. The summed E-state index contributed by atoms with van der Waals surface area (Å²) in [6, 6.07) is 5.66. The number of nitro groups is 1. The molecule has 0 fully saturated rings. The lowest BCUT2D eigenvalue weighted by Gasteiger charge is -2.33. The number of non-ortho nitro benzene ring substituents is 1. The first-order valence-electron chi connectivity index (χ1n) is 8.01. The van der Waals surface area contributed by atoms with Crippen LogP contribution in [0.4, 0.5) is 5.69 Å². The molecule has 6 heteroatoms. The van der Waals surface area contributed by atoms with Gasteiger partial charge in [-0.05, 0) is 50.7 Å². The first-order valence-corrected chi connectivity index (χ1v) is 8.01. The lowest BCUT2D eigenvalue weighted by molar-refractivity contribution is -0.384. The van der Waals surface area contributed by atoms with Gasteiger partial charge >= 0.3 is 5.97 Å². The fraction of sp³-hybridized carbons (Fsp3) is 0.588. The first-order chi connectivity index (χ1) is 10.9. The Kier molecular flexibility index (Phi) is 5.71. The number of methoxy groups -OCH3 is 1. The summed E-state index contributed by atoms with van der Waals surface area (Å²) in [5.41, 5.74) is 2.39. The molecule has 0 heterocycles. The number of carbonyl (C=O) groups is 1. The van der Waals surface area contributed by atoms with Gasteiger partial charge in [0.05, 0.1) is 18.6 Å². The van der Waals surface area contributed by atoms with E-state index in [4.69, 9.17) is 4.74 Å². The topological polar surface area (TPSA) is 72.7 Å². The number of nitro benzene ring substituents is 1. The highest BCUT2D eigenvalue weighted by Gasteiger charge is 2.26. The number of hydrogen-bond donors (Lipinski definition) is 0. The van der Waals surface area contributed by atoms with Crippen LogP contribution in [0, 0.1) is 10.1 Å². The highest BCUT2D eigenvalue weighted by Crippen LogP contribution is 2.27. The van der Waals surface area contributed by atoms with Crippen LogP contribution >= 0.6 is 0 Å². The molecule has 1 aromatic carbocycles. The molecular formula is C17H24N2O4. The second kappa shape index (κ2) is 7.55. The standard InChI is InChI=1S/C17H24N2O4/c1-12(2)18(11-17(20)23-3)15-7-4-13-5-9-16(19(21)22)10-14(13)6-8-15/h5,9-10,12,15H,4,6-8,11H2,1-3H3. The van der Waals surface area contributed by atoms with Crippen molar-refractivity contribution in [2.75, 3.05) is 13.7 Å². The summed E-state index contributed by atoms with van der Waals surface area (Å²) in [6.07, 6.45) is 3.51. The zero-order chi connectivity index (χ0) is 17.0. The number of nitrogens with zero attached hydrogens (tertiary/aromatic N) is 2. The molecular weight excluding hydrogens is 296 g/mol. The quantitative estimate of drug-likeness (QED) is 0.361. The number of esters is 1. The van der Waals surface area contributed by atoms with Crippen LogP contribution in [-0.2, 0) is 22.4 Å². The lowest BCUT2D eigenvalue weighted by atomic mass is 10.0. The van der Waals surface area contributed by atoms with Crippen molar-refractivity contribution in [1.29, 1.82) is 0 Å². The molecule has 126 valence electrons. The van der Waals surface area contributed by atoms with Gasteiger partial charge in [0.2, 0.25) is 0 Å². The number of hydrogen-bond acceptors (Lipinski definition) is 5. The van der Waals surface area contributed by atoms with E-state index in [1.54, 1.807) is 12.1 Å². The van der Waals surface area contributed by atoms with Crippen LogP contribution in [0.1, 0.15) is 37.8 Å². The summed E-state index contributed by atoms with van der Waals surface area (Å²) in [5, 5.41) is 10.9. The summed E-state index contributed by atoms with van der Waals surface area (Å²) < 4.78 is 4.80. The van der Waals surface area contributed by atoms with Gasteiger partial charge < -0.3 is 4.74 Å². The predicted molar refractivity (Wildman–Crippen MR) is 87.4 cm³/mol. The molecule has 1 aromatic rings. The fourth-order valence-electron chi connectivity index (χ4n) is 3.27. The van der Waals surface area contributed by atoms with Gasteiger partial charge in [0, 0.05) is 24.2 Å². The van der Waals surface area contributed by atoms with Crippen LogP contribution in [0.3, 0.4) is 0 Å². The molecule has 0 aromatic heterocycles. The van der Waals surface area contributed by atoms with E-state index >= 15 is 0 Å². The largest absolute Gasteiger partial charge is 0.468 e. The minimum absolute atomic E-state index is 0.150. The zero-order valence-electron chi connectivity index (χ0n) is 13.9. The van der Waals surface area contributed by atoms with Crippen molar-refractivity contribution in [3.63, 3.8) is 0 Å². The van der Waals surface area contributed by atoms with Gasteiger partial charge in [0.1, 0.15) is 0 Å². The highest BCUT2D eigenvalue weighted by atomic mass is 16.6. The maximum atomic E-state index is 11.7. The molecule has 6 nitrogen and oxygen atoms in total. The van der Waals surface area contributed by atoms with Crippen molar-refractivity contribution < 1.29 is 14.5 Å². The molecule has 0 saturated heterocycles. The van der Waals surface area contributed by atoms with Crippen LogP contribution in [0.25, 0.3) is 0 Å². The normalized spacial score (nSPS) is 17.7. The molecule has 0 N–H and O–H groups in total. The van der Waals surface area contributed by atoms with Gasteiger partial charge in [-0.2, -0.15) is 0 Å². The van der Waals surface area contributed by atoms with E-state index in [2.05, 4.69) is 18.7 Å². The Labute approximate surface area is 136 Å². The Hall–Kier alpha value is -1.95. The monoisotopic (exact) mass is 320 g/mol. The van der Waals surface area contributed by atoms with Gasteiger partial charge in [-0.15, -0.1) is 0 Å². The Bertz CT molecular complexity index is 586. The third-order valence-corrected chi connectivity index (χ3v) is 4.57. The maximum absolute atomic E-state index is 11.7. The Morgan fingerprint density at radius 2 is 2.00 bits per heavy atom. The van der Waals surface area contributed by atoms with E-state index < -0.39 is 0 Å². The predicted octanol–water partition coefficient (Wildman–Crippen LogP) is 2.73. The molecule has 1 atom stereocenters. The third kappa shape index (κ3) is 4.28. The summed E-state index contributed by atoms with van der Waals surface area (Å²) in [4.78, 5) is 24.4. The number of rotatable bonds is 5. The van der Waals surface area contributed by atoms with Gasteiger partial charge in [0.25, 0.3) is 5.69 Å². The molecule has 0 amide bonds. The molecule has 0 spiro atoms. The van der Waals surface area contributed by atoms with Gasteiger partial charge in [0.15, 0.2) is 0 Å². The maximum Gasteiger partial charge on any atom is 0.319 e. The van der Waals surface area contributed by atoms with Crippen molar-refractivity contribution in [2.45, 2.75) is 51.6 Å². The summed E-state index contributed by atoms with van der Waals surface area (Å²) in [7, 11) is 1.41. The van der Waals surface area contributed by atoms with Crippen LogP contribution in [0.15, 0.2) is 18.2 Å². The van der Waals surface area contributed by atoms with Crippen LogP contribution in [-0.4, -0.2) is 41.5 Å². The van der Waals surface area contributed by atoms with E-state index in [-0.39, 0.29) is 35.2 Å². The molecule has 1 aliphatic carbocycles. The number of aryl methyl sites for hydroxylation is 2. The minimum Gasteiger partial charge on any atom is -0.468 e. The van der Waals surface area contributed by atoms with E-state index in [0.29, 0.717) is 0 Å². The SMILES string of the molecule is COC(=O)CN(C(C)C)C1CCc2ccc([N+](=O)[O-])cc2CC1. The van der Waals surface area contributed by atoms with Crippen molar-refractivity contribution in [1.82, 2.24) is 4.90 Å². The summed E-state index contributed by atoms with van der Waals surface area (Å²) >= 11 is 0. The molecule has 0 radical (unpaired) electrons. The Morgan fingerprint density at radius 3 is 2.57 bits per heavy atom. The lowest BCUT2D eigenvalue weighted by Crippen LogP contribution is -2.44. The van der Waals surface area contributed by atoms with Crippen LogP contribution in [0.2, 0.25) is 0 Å². The average Bonchev–Trinajstić information content (AvgIpc) is 2.73. The molecule has 0 saturated carbocycles. The molecule has 1 aliphatic rings. The fourth-order valence-corrected chi connectivity index (χ4v) is 3.27. The second-order valence-electron chi connectivity index (χ2n) is 6.28. The third-order valence-electron chi connectivity index (χ3n) is 4.57. The van der Waals surface area contributed by atoms with Crippen LogP contribution in [0.5, 0.6) is 0 Å². The minimum atomic E-state index is -0.347. The summed E-state index contributed by atoms with van der Waals surface area (Å²) in [5.74, 6) is -0.226. The van der Waals surface area contributed by atoms with E-state index in [1.807, 2.05) is 6.07 Å².